The third-order valence-corrected chi connectivity index (χ3v) is 3.70. The number of hydrogen-bond acceptors (Lipinski definition) is 3. The van der Waals surface area contributed by atoms with Crippen LogP contribution in [-0.2, 0) is 4.74 Å². The van der Waals surface area contributed by atoms with E-state index in [1.807, 2.05) is 0 Å². The van der Waals surface area contributed by atoms with E-state index in [-0.39, 0.29) is 6.61 Å². The lowest BCUT2D eigenvalue weighted by Crippen LogP contribution is -2.33. The molecule has 0 radical (unpaired) electrons. The van der Waals surface area contributed by atoms with Gasteiger partial charge in [-0.25, -0.2) is 8.78 Å². The fraction of sp³-hybridized carbons (Fsp3) is 0.556. The van der Waals surface area contributed by atoms with E-state index >= 15 is 0 Å². The normalized spacial score (nSPS) is 14.3. The first-order valence-corrected chi connectivity index (χ1v) is 6.29. The highest BCUT2D eigenvalue weighted by Gasteiger charge is 2.41. The van der Waals surface area contributed by atoms with Crippen LogP contribution in [0.15, 0.2) is 15.2 Å². The summed E-state index contributed by atoms with van der Waals surface area (Å²) in [5.41, 5.74) is 6.37. The summed E-state index contributed by atoms with van der Waals surface area (Å²) in [7, 11) is 0. The van der Waals surface area contributed by atoms with Gasteiger partial charge in [-0.15, -0.1) is 0 Å². The second-order valence-electron chi connectivity index (χ2n) is 3.36. The SMILES string of the molecule is NC(COCC(F)(F)C(F)F)c1cscc1Br. The number of alkyl halides is 4. The molecule has 8 heteroatoms. The average Bonchev–Trinajstić information content (AvgIpc) is 2.63. The molecule has 0 saturated heterocycles. The van der Waals surface area contributed by atoms with Gasteiger partial charge >= 0.3 is 12.3 Å². The topological polar surface area (TPSA) is 35.2 Å². The van der Waals surface area contributed by atoms with Crippen molar-refractivity contribution < 1.29 is 22.3 Å². The minimum Gasteiger partial charge on any atom is -0.373 e. The van der Waals surface area contributed by atoms with Crippen molar-refractivity contribution in [3.05, 3.63) is 20.8 Å². The van der Waals surface area contributed by atoms with Crippen LogP contribution in [0, 0.1) is 0 Å². The van der Waals surface area contributed by atoms with Crippen molar-refractivity contribution in [2.45, 2.75) is 18.4 Å². The first-order chi connectivity index (χ1) is 7.84. The van der Waals surface area contributed by atoms with E-state index < -0.39 is 25.0 Å². The van der Waals surface area contributed by atoms with Crippen molar-refractivity contribution >= 4 is 27.3 Å². The summed E-state index contributed by atoms with van der Waals surface area (Å²) < 4.78 is 53.9. The van der Waals surface area contributed by atoms with Crippen LogP contribution in [0.5, 0.6) is 0 Å². The van der Waals surface area contributed by atoms with Crippen LogP contribution in [-0.4, -0.2) is 25.6 Å². The fourth-order valence-electron chi connectivity index (χ4n) is 1.03. The zero-order valence-corrected chi connectivity index (χ0v) is 10.9. The molecule has 0 fully saturated rings. The molecule has 0 amide bonds. The Bertz CT molecular complexity index is 361. The number of ether oxygens (including phenoxy) is 1. The Morgan fingerprint density at radius 3 is 2.53 bits per heavy atom. The Morgan fingerprint density at radius 2 is 2.06 bits per heavy atom. The highest BCUT2D eigenvalue weighted by molar-refractivity contribution is 9.10. The molecule has 0 aliphatic heterocycles. The molecule has 0 aromatic carbocycles. The summed E-state index contributed by atoms with van der Waals surface area (Å²) in [6, 6.07) is -0.621. The molecule has 0 aliphatic rings. The van der Waals surface area contributed by atoms with Gasteiger partial charge in [-0.2, -0.15) is 20.1 Å². The lowest BCUT2D eigenvalue weighted by Gasteiger charge is -2.17. The zero-order chi connectivity index (χ0) is 13.1. The van der Waals surface area contributed by atoms with Gasteiger partial charge in [-0.05, 0) is 26.9 Å². The number of hydrogen-bond donors (Lipinski definition) is 1. The molecule has 98 valence electrons. The monoisotopic (exact) mass is 335 g/mol. The molecule has 1 aromatic heterocycles. The third kappa shape index (κ3) is 4.20. The van der Waals surface area contributed by atoms with Crippen molar-refractivity contribution in [3.8, 4) is 0 Å². The van der Waals surface area contributed by atoms with Gasteiger partial charge in [0, 0.05) is 9.85 Å². The van der Waals surface area contributed by atoms with Gasteiger partial charge in [0.25, 0.3) is 0 Å². The highest BCUT2D eigenvalue weighted by atomic mass is 79.9. The quantitative estimate of drug-likeness (QED) is 0.808. The maximum absolute atomic E-state index is 12.5. The summed E-state index contributed by atoms with van der Waals surface area (Å²) in [4.78, 5) is 0. The van der Waals surface area contributed by atoms with E-state index in [1.165, 1.54) is 11.3 Å². The second-order valence-corrected chi connectivity index (χ2v) is 4.96. The Morgan fingerprint density at radius 1 is 1.41 bits per heavy atom. The molecule has 0 aliphatic carbocycles. The summed E-state index contributed by atoms with van der Waals surface area (Å²) in [5.74, 6) is -4.13. The van der Waals surface area contributed by atoms with Crippen molar-refractivity contribution in [1.82, 2.24) is 0 Å². The lowest BCUT2D eigenvalue weighted by atomic mass is 10.2. The van der Waals surface area contributed by atoms with Crippen LogP contribution in [0.2, 0.25) is 0 Å². The van der Waals surface area contributed by atoms with E-state index in [4.69, 9.17) is 5.73 Å². The molecule has 1 rings (SSSR count). The van der Waals surface area contributed by atoms with Gasteiger partial charge in [-0.1, -0.05) is 0 Å². The minimum absolute atomic E-state index is 0.238. The van der Waals surface area contributed by atoms with E-state index in [0.29, 0.717) is 5.56 Å². The fourth-order valence-corrected chi connectivity index (χ4v) is 2.69. The van der Waals surface area contributed by atoms with Gasteiger partial charge < -0.3 is 10.5 Å². The summed E-state index contributed by atoms with van der Waals surface area (Å²) in [6.45, 7) is -1.57. The van der Waals surface area contributed by atoms with Crippen molar-refractivity contribution in [2.24, 2.45) is 5.73 Å². The lowest BCUT2D eigenvalue weighted by molar-refractivity contribution is -0.166. The molecule has 1 aromatic rings. The molecule has 2 N–H and O–H groups in total. The Hall–Kier alpha value is -0.180. The molecule has 0 spiro atoms. The Kier molecular flexibility index (Phi) is 5.36. The predicted octanol–water partition coefficient (Wildman–Crippen LogP) is 3.43. The largest absolute Gasteiger partial charge is 0.373 e. The molecule has 0 saturated carbocycles. The van der Waals surface area contributed by atoms with E-state index in [9.17, 15) is 17.6 Å². The highest BCUT2D eigenvalue weighted by Crippen LogP contribution is 2.27. The van der Waals surface area contributed by atoms with Crippen LogP contribution in [0.3, 0.4) is 0 Å². The molecule has 2 nitrogen and oxygen atoms in total. The predicted molar refractivity (Wildman–Crippen MR) is 60.7 cm³/mol. The number of halogens is 5. The minimum atomic E-state index is -4.13. The van der Waals surface area contributed by atoms with Crippen LogP contribution in [0.25, 0.3) is 0 Å². The van der Waals surface area contributed by atoms with Gasteiger partial charge in [0.15, 0.2) is 0 Å². The van der Waals surface area contributed by atoms with E-state index in [2.05, 4.69) is 20.7 Å². The van der Waals surface area contributed by atoms with Crippen LogP contribution >= 0.6 is 27.3 Å². The maximum Gasteiger partial charge on any atom is 0.330 e. The third-order valence-electron chi connectivity index (χ3n) is 1.95. The molecule has 1 unspecified atom stereocenters. The molecule has 1 atom stereocenters. The van der Waals surface area contributed by atoms with Crippen molar-refractivity contribution in [2.75, 3.05) is 13.2 Å². The van der Waals surface area contributed by atoms with Gasteiger partial charge in [-0.3, -0.25) is 0 Å². The van der Waals surface area contributed by atoms with Crippen LogP contribution < -0.4 is 5.73 Å². The Labute approximate surface area is 108 Å². The van der Waals surface area contributed by atoms with Gasteiger partial charge in [0.2, 0.25) is 0 Å². The zero-order valence-electron chi connectivity index (χ0n) is 8.51. The number of thiophene rings is 1. The summed E-state index contributed by atoms with van der Waals surface area (Å²) >= 11 is 4.62. The van der Waals surface area contributed by atoms with Gasteiger partial charge in [0.05, 0.1) is 12.6 Å². The molecular formula is C9H10BrF4NOS. The standard InChI is InChI=1S/C9H10BrF4NOS/c10-6-3-17-2-5(6)7(15)1-16-4-9(13,14)8(11)12/h2-3,7-8H,1,4,15H2. The second kappa shape index (κ2) is 6.12. The van der Waals surface area contributed by atoms with Crippen molar-refractivity contribution in [3.63, 3.8) is 0 Å². The number of nitrogens with two attached hydrogens (primary N) is 1. The van der Waals surface area contributed by atoms with Gasteiger partial charge in [0.1, 0.15) is 6.61 Å². The number of rotatable bonds is 6. The van der Waals surface area contributed by atoms with E-state index in [0.717, 1.165) is 4.47 Å². The summed E-state index contributed by atoms with van der Waals surface area (Å²) in [6.07, 6.45) is -3.73. The molecule has 17 heavy (non-hydrogen) atoms. The van der Waals surface area contributed by atoms with Crippen LogP contribution in [0.1, 0.15) is 11.6 Å². The Balaban J connectivity index is 2.40. The smallest absolute Gasteiger partial charge is 0.330 e. The summed E-state index contributed by atoms with van der Waals surface area (Å²) in [5, 5.41) is 3.52. The van der Waals surface area contributed by atoms with Crippen molar-refractivity contribution in [1.29, 1.82) is 0 Å². The molecule has 0 bridgehead atoms. The molecule has 1 heterocycles. The first-order valence-electron chi connectivity index (χ1n) is 4.55. The van der Waals surface area contributed by atoms with Crippen LogP contribution in [0.4, 0.5) is 17.6 Å². The molecular weight excluding hydrogens is 326 g/mol. The average molecular weight is 336 g/mol. The maximum atomic E-state index is 12.5. The van der Waals surface area contributed by atoms with E-state index in [1.54, 1.807) is 10.8 Å². The first kappa shape index (κ1) is 14.9.